The van der Waals surface area contributed by atoms with Crippen LogP contribution < -0.4 is 0 Å². The van der Waals surface area contributed by atoms with Crippen molar-refractivity contribution >= 4 is 0 Å². The fourth-order valence-corrected chi connectivity index (χ4v) is 4.81. The minimum absolute atomic E-state index is 0.591. The van der Waals surface area contributed by atoms with Crippen LogP contribution in [0.2, 0.25) is 0 Å². The van der Waals surface area contributed by atoms with Crippen LogP contribution in [0.5, 0.6) is 0 Å². The van der Waals surface area contributed by atoms with Crippen LogP contribution in [0.3, 0.4) is 0 Å². The van der Waals surface area contributed by atoms with Crippen LogP contribution in [0, 0.1) is 5.92 Å². The van der Waals surface area contributed by atoms with Crippen molar-refractivity contribution in [2.24, 2.45) is 5.92 Å². The molecule has 1 fully saturated rings. The van der Waals surface area contributed by atoms with Gasteiger partial charge in [-0.2, -0.15) is 0 Å². The van der Waals surface area contributed by atoms with Gasteiger partial charge in [-0.15, -0.1) is 0 Å². The quantitative estimate of drug-likeness (QED) is 0.434. The van der Waals surface area contributed by atoms with Crippen LogP contribution >= 0.6 is 0 Å². The van der Waals surface area contributed by atoms with Gasteiger partial charge in [0.1, 0.15) is 5.76 Å². The van der Waals surface area contributed by atoms with E-state index in [1.54, 1.807) is 7.11 Å². The second-order valence-corrected chi connectivity index (χ2v) is 9.06. The van der Waals surface area contributed by atoms with E-state index in [0.717, 1.165) is 57.6 Å². The SMILES string of the molecule is C=C1C(CCC2C=CC(OC)=CC2)=CN2CCN(CC3=CC=CCC=C3C)CC2=C1C.CC. The zero-order valence-corrected chi connectivity index (χ0v) is 21.4. The van der Waals surface area contributed by atoms with Gasteiger partial charge in [0, 0.05) is 38.1 Å². The number of nitrogens with zero attached hydrogens (tertiary/aromatic N) is 2. The third kappa shape index (κ3) is 6.29. The normalized spacial score (nSPS) is 23.0. The lowest BCUT2D eigenvalue weighted by Crippen LogP contribution is -2.45. The van der Waals surface area contributed by atoms with Gasteiger partial charge < -0.3 is 9.64 Å². The van der Waals surface area contributed by atoms with Crippen molar-refractivity contribution in [3.8, 4) is 0 Å². The monoisotopic (exact) mass is 446 g/mol. The summed E-state index contributed by atoms with van der Waals surface area (Å²) in [5, 5.41) is 0. The Balaban J connectivity index is 0.00000149. The molecule has 4 aliphatic rings. The predicted octanol–water partition coefficient (Wildman–Crippen LogP) is 7.08. The Morgan fingerprint density at radius 1 is 1.12 bits per heavy atom. The molecule has 1 atom stereocenters. The molecule has 33 heavy (non-hydrogen) atoms. The molecule has 178 valence electrons. The van der Waals surface area contributed by atoms with Gasteiger partial charge in [0.15, 0.2) is 0 Å². The third-order valence-corrected chi connectivity index (χ3v) is 7.03. The first kappa shape index (κ1) is 25.1. The molecule has 0 saturated carbocycles. The van der Waals surface area contributed by atoms with Crippen molar-refractivity contribution in [3.05, 3.63) is 94.6 Å². The average Bonchev–Trinajstić information content (AvgIpc) is 3.06. The maximum atomic E-state index is 5.32. The maximum Gasteiger partial charge on any atom is 0.114 e. The van der Waals surface area contributed by atoms with E-state index >= 15 is 0 Å². The highest BCUT2D eigenvalue weighted by molar-refractivity contribution is 5.50. The Hall–Kier alpha value is -2.52. The van der Waals surface area contributed by atoms with Crippen LogP contribution in [-0.2, 0) is 4.74 Å². The summed E-state index contributed by atoms with van der Waals surface area (Å²) < 4.78 is 5.32. The fourth-order valence-electron chi connectivity index (χ4n) is 4.81. The van der Waals surface area contributed by atoms with Crippen LogP contribution in [0.15, 0.2) is 94.6 Å². The minimum atomic E-state index is 0.591. The number of methoxy groups -OCH3 is 1. The first-order valence-corrected chi connectivity index (χ1v) is 12.6. The highest BCUT2D eigenvalue weighted by Crippen LogP contribution is 2.35. The molecule has 0 N–H and O–H groups in total. The van der Waals surface area contributed by atoms with Crippen molar-refractivity contribution < 1.29 is 4.74 Å². The van der Waals surface area contributed by atoms with E-state index < -0.39 is 0 Å². The molecular formula is C30H42N2O. The maximum absolute atomic E-state index is 5.32. The van der Waals surface area contributed by atoms with Gasteiger partial charge in [-0.1, -0.05) is 56.4 Å². The second-order valence-electron chi connectivity index (χ2n) is 9.06. The first-order chi connectivity index (χ1) is 16.0. The van der Waals surface area contributed by atoms with Crippen molar-refractivity contribution in [1.82, 2.24) is 9.80 Å². The Labute approximate surface area is 201 Å². The molecule has 0 aromatic carbocycles. The zero-order chi connectivity index (χ0) is 23.8. The number of rotatable bonds is 6. The summed E-state index contributed by atoms with van der Waals surface area (Å²) in [5.74, 6) is 1.58. The molecule has 0 spiro atoms. The first-order valence-electron chi connectivity index (χ1n) is 12.6. The number of hydrogen-bond acceptors (Lipinski definition) is 3. The zero-order valence-electron chi connectivity index (χ0n) is 21.4. The smallest absolute Gasteiger partial charge is 0.114 e. The molecule has 1 saturated heterocycles. The summed E-state index contributed by atoms with van der Waals surface area (Å²) in [6.07, 6.45) is 22.4. The van der Waals surface area contributed by atoms with Crippen molar-refractivity contribution in [1.29, 1.82) is 0 Å². The number of ether oxygens (including phenoxy) is 1. The standard InChI is InChI=1S/C28H36N2O.C2H6/c1-21-8-6-5-7-9-25(21)18-29-16-17-30-19-26(22(2)23(3)28(30)20-29)13-10-24-11-14-27(31-4)15-12-24;1-2/h5,7-9,11,14-15,19,24H,2,6,10,12-13,16-18,20H2,1,3-4H3;1-2H3. The predicted molar refractivity (Wildman–Crippen MR) is 142 cm³/mol. The summed E-state index contributed by atoms with van der Waals surface area (Å²) in [7, 11) is 1.74. The van der Waals surface area contributed by atoms with Gasteiger partial charge in [0.25, 0.3) is 0 Å². The van der Waals surface area contributed by atoms with E-state index in [4.69, 9.17) is 4.74 Å². The summed E-state index contributed by atoms with van der Waals surface area (Å²) in [4.78, 5) is 5.07. The average molecular weight is 447 g/mol. The molecule has 0 amide bonds. The van der Waals surface area contributed by atoms with Crippen molar-refractivity contribution in [2.75, 3.05) is 33.3 Å². The lowest BCUT2D eigenvalue weighted by molar-refractivity contribution is 0.219. The summed E-state index contributed by atoms with van der Waals surface area (Å²) in [5.41, 5.74) is 8.28. The number of hydrogen-bond donors (Lipinski definition) is 0. The van der Waals surface area contributed by atoms with Gasteiger partial charge in [-0.25, -0.2) is 0 Å². The number of fused-ring (bicyclic) bond motifs is 1. The van der Waals surface area contributed by atoms with E-state index in [9.17, 15) is 0 Å². The summed E-state index contributed by atoms with van der Waals surface area (Å²) >= 11 is 0. The largest absolute Gasteiger partial charge is 0.497 e. The Morgan fingerprint density at radius 3 is 2.67 bits per heavy atom. The number of piperazine rings is 1. The van der Waals surface area contributed by atoms with Crippen molar-refractivity contribution in [3.63, 3.8) is 0 Å². The lowest BCUT2D eigenvalue weighted by atomic mass is 9.87. The van der Waals surface area contributed by atoms with Crippen LogP contribution in [0.1, 0.15) is 53.4 Å². The molecule has 4 rings (SSSR count). The van der Waals surface area contributed by atoms with Gasteiger partial charge >= 0.3 is 0 Å². The van der Waals surface area contributed by atoms with E-state index in [-0.39, 0.29) is 0 Å². The van der Waals surface area contributed by atoms with Crippen LogP contribution in [0.4, 0.5) is 0 Å². The highest BCUT2D eigenvalue weighted by Gasteiger charge is 2.27. The molecule has 2 aliphatic carbocycles. The van der Waals surface area contributed by atoms with E-state index in [1.165, 1.54) is 33.6 Å². The molecule has 0 radical (unpaired) electrons. The fraction of sp³-hybridized carbons (Fsp3) is 0.467. The Bertz CT molecular complexity index is 938. The topological polar surface area (TPSA) is 15.7 Å². The molecule has 1 unspecified atom stereocenters. The Kier molecular flexibility index (Phi) is 9.20. The third-order valence-electron chi connectivity index (χ3n) is 7.03. The van der Waals surface area contributed by atoms with E-state index in [1.807, 2.05) is 13.8 Å². The second kappa shape index (κ2) is 12.1. The van der Waals surface area contributed by atoms with Gasteiger partial charge in [0.2, 0.25) is 0 Å². The summed E-state index contributed by atoms with van der Waals surface area (Å²) in [6.45, 7) is 17.1. The van der Waals surface area contributed by atoms with Gasteiger partial charge in [-0.3, -0.25) is 4.90 Å². The molecule has 0 aromatic rings. The van der Waals surface area contributed by atoms with Gasteiger partial charge in [0.05, 0.1) is 7.11 Å². The van der Waals surface area contributed by atoms with Gasteiger partial charge in [-0.05, 0) is 79.9 Å². The molecule has 3 heteroatoms. The summed E-state index contributed by atoms with van der Waals surface area (Å²) in [6, 6.07) is 0. The highest BCUT2D eigenvalue weighted by atomic mass is 16.5. The Morgan fingerprint density at radius 2 is 1.94 bits per heavy atom. The molecule has 0 aromatic heterocycles. The van der Waals surface area contributed by atoms with E-state index in [0.29, 0.717) is 5.92 Å². The molecule has 2 heterocycles. The van der Waals surface area contributed by atoms with Crippen LogP contribution in [-0.4, -0.2) is 43.1 Å². The number of allylic oxidation sites excluding steroid dienone is 10. The molecule has 3 nitrogen and oxygen atoms in total. The minimum Gasteiger partial charge on any atom is -0.497 e. The molecule has 2 aliphatic heterocycles. The lowest BCUT2D eigenvalue weighted by Gasteiger charge is -2.41. The van der Waals surface area contributed by atoms with Crippen LogP contribution in [0.25, 0.3) is 0 Å². The molecular weight excluding hydrogens is 404 g/mol. The molecule has 0 bridgehead atoms. The van der Waals surface area contributed by atoms with Crippen molar-refractivity contribution in [2.45, 2.75) is 53.4 Å². The van der Waals surface area contributed by atoms with E-state index in [2.05, 4.69) is 79.0 Å².